The van der Waals surface area contributed by atoms with Gasteiger partial charge in [-0.15, -0.1) is 0 Å². The lowest BCUT2D eigenvalue weighted by atomic mass is 10.1. The molecule has 24 heavy (non-hydrogen) atoms. The average Bonchev–Trinajstić information content (AvgIpc) is 2.53. The van der Waals surface area contributed by atoms with Crippen molar-refractivity contribution >= 4 is 11.6 Å². The van der Waals surface area contributed by atoms with Gasteiger partial charge in [0.05, 0.1) is 30.8 Å². The third-order valence-electron chi connectivity index (χ3n) is 3.45. The van der Waals surface area contributed by atoms with E-state index in [1.165, 1.54) is 12.0 Å². The third kappa shape index (κ3) is 3.88. The van der Waals surface area contributed by atoms with Crippen LogP contribution in [0.5, 0.6) is 11.5 Å². The molecule has 132 valence electrons. The summed E-state index contributed by atoms with van der Waals surface area (Å²) in [6.45, 7) is -0.552. The highest BCUT2D eigenvalue weighted by Gasteiger charge is 2.30. The maximum Gasteiger partial charge on any atom is 0.387 e. The van der Waals surface area contributed by atoms with Gasteiger partial charge in [-0.3, -0.25) is 14.9 Å². The minimum atomic E-state index is -3.18. The number of hydrogen-bond donors (Lipinski definition) is 0. The zero-order valence-electron chi connectivity index (χ0n) is 13.0. The first kappa shape index (κ1) is 17.9. The predicted molar refractivity (Wildman–Crippen MR) is 77.6 cm³/mol. The highest BCUT2D eigenvalue weighted by molar-refractivity contribution is 5.99. The van der Waals surface area contributed by atoms with Crippen LogP contribution in [0, 0.1) is 10.1 Å². The molecule has 1 aromatic rings. The molecule has 1 fully saturated rings. The van der Waals surface area contributed by atoms with E-state index in [0.29, 0.717) is 6.61 Å². The molecule has 0 spiro atoms. The number of carbonyl (C=O) groups excluding carboxylic acids is 1. The van der Waals surface area contributed by atoms with E-state index < -0.39 is 28.9 Å². The molecule has 0 bridgehead atoms. The van der Waals surface area contributed by atoms with Gasteiger partial charge in [0, 0.05) is 19.2 Å². The van der Waals surface area contributed by atoms with Crippen LogP contribution in [0.1, 0.15) is 17.3 Å². The molecule has 0 saturated carbocycles. The summed E-state index contributed by atoms with van der Waals surface area (Å²) in [4.78, 5) is 24.4. The van der Waals surface area contributed by atoms with Gasteiger partial charge < -0.3 is 19.1 Å². The SMILES string of the molecule is COc1cc(C(=O)N2CCOC(C)C2)c([N+](=O)[O-])cc1OC(F)F. The number of hydrogen-bond acceptors (Lipinski definition) is 6. The Labute approximate surface area is 136 Å². The first-order valence-corrected chi connectivity index (χ1v) is 7.05. The number of nitro groups is 1. The van der Waals surface area contributed by atoms with E-state index in [9.17, 15) is 23.7 Å². The summed E-state index contributed by atoms with van der Waals surface area (Å²) in [5.74, 6) is -1.30. The molecule has 1 aliphatic heterocycles. The van der Waals surface area contributed by atoms with E-state index >= 15 is 0 Å². The van der Waals surface area contributed by atoms with Crippen molar-refractivity contribution in [1.29, 1.82) is 0 Å². The number of morpholine rings is 1. The first-order valence-electron chi connectivity index (χ1n) is 7.05. The second-order valence-corrected chi connectivity index (χ2v) is 5.09. The van der Waals surface area contributed by atoms with Gasteiger partial charge >= 0.3 is 6.61 Å². The van der Waals surface area contributed by atoms with Crippen LogP contribution in [0.15, 0.2) is 12.1 Å². The van der Waals surface area contributed by atoms with Crippen LogP contribution < -0.4 is 9.47 Å². The van der Waals surface area contributed by atoms with E-state index in [1.807, 2.05) is 0 Å². The molecule has 1 amide bonds. The van der Waals surface area contributed by atoms with Crippen LogP contribution >= 0.6 is 0 Å². The van der Waals surface area contributed by atoms with Crippen molar-refractivity contribution in [3.63, 3.8) is 0 Å². The predicted octanol–water partition coefficient (Wildman–Crippen LogP) is 2.07. The molecule has 10 heteroatoms. The second kappa shape index (κ2) is 7.39. The number of halogens is 2. The van der Waals surface area contributed by atoms with Crippen LogP contribution in [-0.4, -0.2) is 55.3 Å². The summed E-state index contributed by atoms with van der Waals surface area (Å²) >= 11 is 0. The molecule has 1 aliphatic rings. The van der Waals surface area contributed by atoms with Crippen molar-refractivity contribution in [3.05, 3.63) is 27.8 Å². The number of amides is 1. The topological polar surface area (TPSA) is 91.1 Å². The number of nitrogens with zero attached hydrogens (tertiary/aromatic N) is 2. The maximum atomic E-state index is 12.6. The summed E-state index contributed by atoms with van der Waals surface area (Å²) in [5.41, 5.74) is -0.886. The smallest absolute Gasteiger partial charge is 0.387 e. The second-order valence-electron chi connectivity index (χ2n) is 5.09. The number of rotatable bonds is 5. The van der Waals surface area contributed by atoms with Gasteiger partial charge in [0.1, 0.15) is 5.56 Å². The quantitative estimate of drug-likeness (QED) is 0.599. The summed E-state index contributed by atoms with van der Waals surface area (Å²) < 4.78 is 39.3. The normalized spacial score (nSPS) is 17.7. The van der Waals surface area contributed by atoms with Gasteiger partial charge in [0.2, 0.25) is 0 Å². The summed E-state index contributed by atoms with van der Waals surface area (Å²) in [6.07, 6.45) is -0.204. The molecule has 2 rings (SSSR count). The standard InChI is InChI=1S/C14H16F2N2O6/c1-8-7-17(3-4-23-8)13(19)9-5-11(22-2)12(24-14(15)16)6-10(9)18(20)21/h5-6,8,14H,3-4,7H2,1-2H3. The maximum absolute atomic E-state index is 12.6. The zero-order chi connectivity index (χ0) is 17.9. The molecule has 0 aromatic heterocycles. The number of ether oxygens (including phenoxy) is 3. The van der Waals surface area contributed by atoms with Crippen LogP contribution in [0.2, 0.25) is 0 Å². The van der Waals surface area contributed by atoms with Gasteiger partial charge in [-0.1, -0.05) is 0 Å². The van der Waals surface area contributed by atoms with Crippen LogP contribution in [-0.2, 0) is 4.74 Å². The molecule has 1 aromatic carbocycles. The molecule has 0 N–H and O–H groups in total. The summed E-state index contributed by atoms with van der Waals surface area (Å²) in [5, 5.41) is 11.2. The Morgan fingerprint density at radius 2 is 2.17 bits per heavy atom. The van der Waals surface area contributed by atoms with E-state index in [0.717, 1.165) is 12.1 Å². The Bertz CT molecular complexity index is 640. The Kier molecular flexibility index (Phi) is 5.50. The Balaban J connectivity index is 2.43. The number of carbonyl (C=O) groups is 1. The fraction of sp³-hybridized carbons (Fsp3) is 0.500. The zero-order valence-corrected chi connectivity index (χ0v) is 13.0. The van der Waals surface area contributed by atoms with Crippen molar-refractivity contribution in [3.8, 4) is 11.5 Å². The fourth-order valence-corrected chi connectivity index (χ4v) is 2.39. The summed E-state index contributed by atoms with van der Waals surface area (Å²) in [7, 11) is 1.19. The van der Waals surface area contributed by atoms with Gasteiger partial charge in [0.25, 0.3) is 11.6 Å². The molecule has 1 atom stereocenters. The van der Waals surface area contributed by atoms with Crippen LogP contribution in [0.25, 0.3) is 0 Å². The number of methoxy groups -OCH3 is 1. The number of nitro benzene ring substituents is 1. The molecule has 1 unspecified atom stereocenters. The number of benzene rings is 1. The average molecular weight is 346 g/mol. The van der Waals surface area contributed by atoms with E-state index in [1.54, 1.807) is 6.92 Å². The fourth-order valence-electron chi connectivity index (χ4n) is 2.39. The molecule has 1 saturated heterocycles. The van der Waals surface area contributed by atoms with E-state index in [-0.39, 0.29) is 30.5 Å². The largest absolute Gasteiger partial charge is 0.493 e. The van der Waals surface area contributed by atoms with E-state index in [2.05, 4.69) is 4.74 Å². The van der Waals surface area contributed by atoms with Gasteiger partial charge in [-0.2, -0.15) is 8.78 Å². The van der Waals surface area contributed by atoms with Gasteiger partial charge in [-0.05, 0) is 6.92 Å². The highest BCUT2D eigenvalue weighted by Crippen LogP contribution is 2.36. The molecule has 1 heterocycles. The van der Waals surface area contributed by atoms with Crippen molar-refractivity contribution in [1.82, 2.24) is 4.90 Å². The molecular formula is C14H16F2N2O6. The van der Waals surface area contributed by atoms with Crippen molar-refractivity contribution < 1.29 is 32.7 Å². The lowest BCUT2D eigenvalue weighted by Gasteiger charge is -2.31. The van der Waals surface area contributed by atoms with Crippen molar-refractivity contribution in [2.24, 2.45) is 0 Å². The summed E-state index contributed by atoms with van der Waals surface area (Å²) in [6, 6.07) is 1.81. The van der Waals surface area contributed by atoms with Crippen LogP contribution in [0.4, 0.5) is 14.5 Å². The van der Waals surface area contributed by atoms with E-state index in [4.69, 9.17) is 9.47 Å². The molecular weight excluding hydrogens is 330 g/mol. The first-order chi connectivity index (χ1) is 11.3. The third-order valence-corrected chi connectivity index (χ3v) is 3.45. The van der Waals surface area contributed by atoms with Crippen molar-refractivity contribution in [2.75, 3.05) is 26.8 Å². The minimum Gasteiger partial charge on any atom is -0.493 e. The molecule has 0 radical (unpaired) electrons. The molecule has 0 aliphatic carbocycles. The Morgan fingerprint density at radius 3 is 2.71 bits per heavy atom. The van der Waals surface area contributed by atoms with Gasteiger partial charge in [-0.25, -0.2) is 0 Å². The van der Waals surface area contributed by atoms with Crippen LogP contribution in [0.3, 0.4) is 0 Å². The van der Waals surface area contributed by atoms with Crippen molar-refractivity contribution in [2.45, 2.75) is 19.6 Å². The highest BCUT2D eigenvalue weighted by atomic mass is 19.3. The lowest BCUT2D eigenvalue weighted by Crippen LogP contribution is -2.44. The van der Waals surface area contributed by atoms with Gasteiger partial charge in [0.15, 0.2) is 11.5 Å². The Hall–Kier alpha value is -2.49. The number of alkyl halides is 2. The lowest BCUT2D eigenvalue weighted by molar-refractivity contribution is -0.385. The monoisotopic (exact) mass is 346 g/mol. The molecule has 8 nitrogen and oxygen atoms in total. The minimum absolute atomic E-state index is 0.189. The Morgan fingerprint density at radius 1 is 1.46 bits per heavy atom.